The van der Waals surface area contributed by atoms with E-state index in [1.54, 1.807) is 11.3 Å². The summed E-state index contributed by atoms with van der Waals surface area (Å²) in [4.78, 5) is 16.4. The van der Waals surface area contributed by atoms with Crippen LogP contribution in [-0.4, -0.2) is 32.5 Å². The van der Waals surface area contributed by atoms with E-state index in [9.17, 15) is 4.79 Å². The van der Waals surface area contributed by atoms with Gasteiger partial charge in [0.25, 0.3) is 0 Å². The van der Waals surface area contributed by atoms with Gasteiger partial charge in [0, 0.05) is 29.6 Å². The van der Waals surface area contributed by atoms with Gasteiger partial charge >= 0.3 is 0 Å². The zero-order valence-corrected chi connectivity index (χ0v) is 20.2. The number of thiophene rings is 1. The lowest BCUT2D eigenvalue weighted by Crippen LogP contribution is -2.37. The molecule has 0 radical (unpaired) electrons. The van der Waals surface area contributed by atoms with Crippen molar-refractivity contribution in [1.82, 2.24) is 14.8 Å². The van der Waals surface area contributed by atoms with E-state index in [4.69, 9.17) is 0 Å². The van der Waals surface area contributed by atoms with E-state index in [1.165, 1.54) is 27.8 Å². The van der Waals surface area contributed by atoms with Gasteiger partial charge in [-0.25, -0.2) is 0 Å². The first kappa shape index (κ1) is 21.9. The van der Waals surface area contributed by atoms with Gasteiger partial charge in [-0.05, 0) is 48.4 Å². The van der Waals surface area contributed by atoms with E-state index < -0.39 is 0 Å². The first-order valence-electron chi connectivity index (χ1n) is 11.2. The standard InChI is InChI=1S/C26H26N4OS2/c1-19-16-21-10-5-6-12-23(21)30(19)25(31)18-33-26-28-27-24(17-22-11-7-15-32-22)29(26)14-13-20-8-3-2-4-9-20/h2-12,15,19H,13-14,16-18H2,1H3/t19-/m1/s1. The lowest BCUT2D eigenvalue weighted by Gasteiger charge is -2.22. The Labute approximate surface area is 202 Å². The highest BCUT2D eigenvalue weighted by atomic mass is 32.2. The summed E-state index contributed by atoms with van der Waals surface area (Å²) in [6, 6.07) is 23.0. The number of thioether (sulfide) groups is 1. The first-order valence-corrected chi connectivity index (χ1v) is 13.1. The van der Waals surface area contributed by atoms with Crippen molar-refractivity contribution in [2.45, 2.75) is 43.9 Å². The third kappa shape index (κ3) is 4.89. The SMILES string of the molecule is C[C@@H]1Cc2ccccc2N1C(=O)CSc1nnc(Cc2cccs2)n1CCc1ccccc1. The van der Waals surface area contributed by atoms with E-state index in [1.807, 2.05) is 29.2 Å². The molecule has 2 aromatic carbocycles. The number of fused-ring (bicyclic) bond motifs is 1. The second-order valence-corrected chi connectivity index (χ2v) is 10.3. The number of para-hydroxylation sites is 1. The quantitative estimate of drug-likeness (QED) is 0.328. The van der Waals surface area contributed by atoms with Gasteiger partial charge in [-0.15, -0.1) is 21.5 Å². The van der Waals surface area contributed by atoms with Crippen LogP contribution in [-0.2, 0) is 30.6 Å². The number of hydrogen-bond acceptors (Lipinski definition) is 5. The Morgan fingerprint density at radius 2 is 1.88 bits per heavy atom. The maximum Gasteiger partial charge on any atom is 0.237 e. The summed E-state index contributed by atoms with van der Waals surface area (Å²) in [6.45, 7) is 2.90. The van der Waals surface area contributed by atoms with Gasteiger partial charge in [0.15, 0.2) is 5.16 Å². The number of carbonyl (C=O) groups excluding carboxylic acids is 1. The molecule has 4 aromatic rings. The zero-order chi connectivity index (χ0) is 22.6. The molecular formula is C26H26N4OS2. The summed E-state index contributed by atoms with van der Waals surface area (Å²) in [5, 5.41) is 11.9. The van der Waals surface area contributed by atoms with Crippen LogP contribution in [0, 0.1) is 0 Å². The Morgan fingerprint density at radius 3 is 2.70 bits per heavy atom. The van der Waals surface area contributed by atoms with Crippen LogP contribution in [0.15, 0.2) is 77.3 Å². The van der Waals surface area contributed by atoms with Crippen molar-refractivity contribution < 1.29 is 4.79 Å². The molecule has 5 rings (SSSR count). The first-order chi connectivity index (χ1) is 16.2. The minimum atomic E-state index is 0.120. The van der Waals surface area contributed by atoms with Gasteiger partial charge in [-0.3, -0.25) is 4.79 Å². The van der Waals surface area contributed by atoms with Gasteiger partial charge < -0.3 is 9.47 Å². The molecule has 0 saturated heterocycles. The normalized spacial score (nSPS) is 15.1. The summed E-state index contributed by atoms with van der Waals surface area (Å²) in [5.74, 6) is 1.42. The summed E-state index contributed by atoms with van der Waals surface area (Å²) < 4.78 is 2.19. The summed E-state index contributed by atoms with van der Waals surface area (Å²) in [7, 11) is 0. The smallest absolute Gasteiger partial charge is 0.237 e. The van der Waals surface area contributed by atoms with Gasteiger partial charge in [0.1, 0.15) is 5.82 Å². The largest absolute Gasteiger partial charge is 0.308 e. The van der Waals surface area contributed by atoms with Gasteiger partial charge in [-0.1, -0.05) is 66.4 Å². The average molecular weight is 475 g/mol. The molecule has 0 N–H and O–H groups in total. The van der Waals surface area contributed by atoms with Crippen LogP contribution in [0.4, 0.5) is 5.69 Å². The number of carbonyl (C=O) groups is 1. The average Bonchev–Trinajstić information content (AvgIpc) is 3.56. The van der Waals surface area contributed by atoms with Crippen LogP contribution < -0.4 is 4.90 Å². The van der Waals surface area contributed by atoms with E-state index in [0.717, 1.165) is 42.5 Å². The van der Waals surface area contributed by atoms with Crippen LogP contribution in [0.5, 0.6) is 0 Å². The number of anilines is 1. The Morgan fingerprint density at radius 1 is 1.06 bits per heavy atom. The highest BCUT2D eigenvalue weighted by molar-refractivity contribution is 7.99. The Bertz CT molecular complexity index is 1220. The van der Waals surface area contributed by atoms with Crippen molar-refractivity contribution in [2.24, 2.45) is 0 Å². The second-order valence-electron chi connectivity index (χ2n) is 8.28. The molecule has 5 nitrogen and oxygen atoms in total. The van der Waals surface area contributed by atoms with E-state index in [2.05, 4.69) is 69.5 Å². The van der Waals surface area contributed by atoms with E-state index in [-0.39, 0.29) is 11.9 Å². The van der Waals surface area contributed by atoms with Crippen molar-refractivity contribution >= 4 is 34.7 Å². The van der Waals surface area contributed by atoms with Gasteiger partial charge in [-0.2, -0.15) is 0 Å². The Hall–Kier alpha value is -2.90. The fraction of sp³-hybridized carbons (Fsp3) is 0.269. The summed E-state index contributed by atoms with van der Waals surface area (Å²) >= 11 is 3.22. The lowest BCUT2D eigenvalue weighted by atomic mass is 10.1. The number of hydrogen-bond donors (Lipinski definition) is 0. The van der Waals surface area contributed by atoms with Crippen molar-refractivity contribution in [3.63, 3.8) is 0 Å². The molecule has 0 aliphatic carbocycles. The van der Waals surface area contributed by atoms with E-state index >= 15 is 0 Å². The molecule has 168 valence electrons. The maximum absolute atomic E-state index is 13.2. The molecule has 0 bridgehead atoms. The molecule has 1 amide bonds. The van der Waals surface area contributed by atoms with Crippen molar-refractivity contribution in [3.05, 3.63) is 93.9 Å². The topological polar surface area (TPSA) is 51.0 Å². The van der Waals surface area contributed by atoms with Crippen molar-refractivity contribution in [3.8, 4) is 0 Å². The fourth-order valence-corrected chi connectivity index (χ4v) is 5.92. The second kappa shape index (κ2) is 9.93. The molecule has 0 unspecified atom stereocenters. The summed E-state index contributed by atoms with van der Waals surface area (Å²) in [6.07, 6.45) is 2.56. The van der Waals surface area contributed by atoms with Gasteiger partial charge in [0.05, 0.1) is 5.75 Å². The number of aryl methyl sites for hydroxylation is 1. The Kier molecular flexibility index (Phi) is 6.60. The molecule has 1 atom stereocenters. The minimum absolute atomic E-state index is 0.120. The van der Waals surface area contributed by atoms with Crippen LogP contribution >= 0.6 is 23.1 Å². The molecule has 1 aliphatic rings. The molecule has 2 aromatic heterocycles. The predicted octanol–water partition coefficient (Wildman–Crippen LogP) is 5.24. The van der Waals surface area contributed by atoms with Crippen LogP contribution in [0.1, 0.15) is 28.8 Å². The Balaban J connectivity index is 1.32. The maximum atomic E-state index is 13.2. The highest BCUT2D eigenvalue weighted by Crippen LogP contribution is 2.33. The molecule has 3 heterocycles. The van der Waals surface area contributed by atoms with Crippen molar-refractivity contribution in [1.29, 1.82) is 0 Å². The minimum Gasteiger partial charge on any atom is -0.308 e. The molecular weight excluding hydrogens is 448 g/mol. The van der Waals surface area contributed by atoms with Crippen LogP contribution in [0.25, 0.3) is 0 Å². The number of rotatable bonds is 8. The highest BCUT2D eigenvalue weighted by Gasteiger charge is 2.30. The third-order valence-electron chi connectivity index (χ3n) is 5.97. The monoisotopic (exact) mass is 474 g/mol. The summed E-state index contributed by atoms with van der Waals surface area (Å²) in [5.41, 5.74) is 3.56. The van der Waals surface area contributed by atoms with Crippen LogP contribution in [0.2, 0.25) is 0 Å². The molecule has 1 aliphatic heterocycles. The fourth-order valence-electron chi connectivity index (χ4n) is 4.38. The van der Waals surface area contributed by atoms with Gasteiger partial charge in [0.2, 0.25) is 5.91 Å². The lowest BCUT2D eigenvalue weighted by molar-refractivity contribution is -0.116. The molecule has 7 heteroatoms. The number of benzene rings is 2. The molecule has 0 saturated carbocycles. The van der Waals surface area contributed by atoms with Crippen molar-refractivity contribution in [2.75, 3.05) is 10.7 Å². The number of amides is 1. The molecule has 33 heavy (non-hydrogen) atoms. The molecule has 0 fully saturated rings. The van der Waals surface area contributed by atoms with E-state index in [0.29, 0.717) is 5.75 Å². The number of aromatic nitrogens is 3. The third-order valence-corrected chi connectivity index (χ3v) is 7.80. The zero-order valence-electron chi connectivity index (χ0n) is 18.6. The number of nitrogens with zero attached hydrogens (tertiary/aromatic N) is 4. The molecule has 0 spiro atoms. The van der Waals surface area contributed by atoms with Crippen LogP contribution in [0.3, 0.4) is 0 Å². The predicted molar refractivity (Wildman–Crippen MR) is 135 cm³/mol.